The minimum Gasteiger partial charge on any atom is -0.307 e. The summed E-state index contributed by atoms with van der Waals surface area (Å²) in [5, 5.41) is 3.69. The minimum absolute atomic E-state index is 0.468. The van der Waals surface area contributed by atoms with Crippen molar-refractivity contribution in [2.24, 2.45) is 0 Å². The summed E-state index contributed by atoms with van der Waals surface area (Å²) in [7, 11) is 0. The molecule has 1 nitrogen and oxygen atoms in total. The summed E-state index contributed by atoms with van der Waals surface area (Å²) < 4.78 is 0. The van der Waals surface area contributed by atoms with E-state index in [1.807, 2.05) is 6.08 Å². The van der Waals surface area contributed by atoms with Crippen LogP contribution in [-0.2, 0) is 0 Å². The summed E-state index contributed by atoms with van der Waals surface area (Å²) in [6.07, 6.45) is 5.36. The molecule has 2 unspecified atom stereocenters. The van der Waals surface area contributed by atoms with Crippen LogP contribution in [-0.4, -0.2) is 6.04 Å². The van der Waals surface area contributed by atoms with Crippen molar-refractivity contribution in [1.29, 1.82) is 0 Å². The Bertz CT molecular complexity index is 326. The molecule has 2 atom stereocenters. The van der Waals surface area contributed by atoms with Crippen LogP contribution in [0.5, 0.6) is 0 Å². The van der Waals surface area contributed by atoms with E-state index in [0.717, 1.165) is 19.3 Å². The Morgan fingerprint density at radius 3 is 2.47 bits per heavy atom. The molecule has 0 aromatic heterocycles. The Labute approximate surface area is 106 Å². The molecule has 1 rings (SSSR count). The minimum atomic E-state index is 0.468. The highest BCUT2D eigenvalue weighted by Gasteiger charge is 2.11. The number of benzene rings is 1. The summed E-state index contributed by atoms with van der Waals surface area (Å²) in [6, 6.07) is 9.85. The number of hydrogen-bond donors (Lipinski definition) is 1. The lowest BCUT2D eigenvalue weighted by molar-refractivity contribution is 0.429. The van der Waals surface area contributed by atoms with E-state index in [0.29, 0.717) is 12.1 Å². The van der Waals surface area contributed by atoms with Crippen LogP contribution in [0.3, 0.4) is 0 Å². The van der Waals surface area contributed by atoms with Gasteiger partial charge in [0.2, 0.25) is 0 Å². The maximum absolute atomic E-state index is 3.77. The van der Waals surface area contributed by atoms with Crippen molar-refractivity contribution in [2.75, 3.05) is 0 Å². The van der Waals surface area contributed by atoms with Gasteiger partial charge in [-0.15, -0.1) is 6.58 Å². The molecular weight excluding hydrogens is 206 g/mol. The van der Waals surface area contributed by atoms with Gasteiger partial charge in [0, 0.05) is 12.1 Å². The molecule has 0 saturated carbocycles. The molecule has 1 aromatic carbocycles. The molecule has 0 heterocycles. The predicted octanol–water partition coefficient (Wildman–Crippen LogP) is 4.39. The number of rotatable bonds is 7. The topological polar surface area (TPSA) is 12.0 Å². The predicted molar refractivity (Wildman–Crippen MR) is 76.2 cm³/mol. The van der Waals surface area contributed by atoms with Crippen molar-refractivity contribution >= 4 is 0 Å². The van der Waals surface area contributed by atoms with E-state index >= 15 is 0 Å². The monoisotopic (exact) mass is 231 g/mol. The number of aryl methyl sites for hydroxylation is 1. The van der Waals surface area contributed by atoms with Crippen LogP contribution in [0.4, 0.5) is 0 Å². The number of hydrogen-bond acceptors (Lipinski definition) is 1. The first kappa shape index (κ1) is 14.0. The maximum Gasteiger partial charge on any atom is 0.0319 e. The fraction of sp³-hybridized carbons (Fsp3) is 0.500. The Morgan fingerprint density at radius 2 is 1.94 bits per heavy atom. The van der Waals surface area contributed by atoms with Crippen LogP contribution in [0, 0.1) is 6.92 Å². The van der Waals surface area contributed by atoms with Gasteiger partial charge in [-0.25, -0.2) is 0 Å². The smallest absolute Gasteiger partial charge is 0.0319 e. The van der Waals surface area contributed by atoms with Gasteiger partial charge in [0.05, 0.1) is 0 Å². The lowest BCUT2D eigenvalue weighted by atomic mass is 10.0. The molecular formula is C16H25N. The second-order valence-corrected chi connectivity index (χ2v) is 4.81. The fourth-order valence-electron chi connectivity index (χ4n) is 2.04. The quantitative estimate of drug-likeness (QED) is 0.686. The second kappa shape index (κ2) is 7.29. The standard InChI is InChI=1S/C16H25N/c1-5-7-8-14(4)17-16(6-2)15-11-9-13(3)10-12-15/h5,9-12,14,16-17H,1,6-8H2,2-4H3. The third-order valence-corrected chi connectivity index (χ3v) is 3.18. The first-order valence-electron chi connectivity index (χ1n) is 6.60. The zero-order valence-corrected chi connectivity index (χ0v) is 11.4. The van der Waals surface area contributed by atoms with E-state index in [9.17, 15) is 0 Å². The van der Waals surface area contributed by atoms with Crippen LogP contribution in [0.1, 0.15) is 50.3 Å². The Morgan fingerprint density at radius 1 is 1.29 bits per heavy atom. The molecule has 0 amide bonds. The highest BCUT2D eigenvalue weighted by atomic mass is 14.9. The van der Waals surface area contributed by atoms with Crippen molar-refractivity contribution in [3.8, 4) is 0 Å². The van der Waals surface area contributed by atoms with Crippen LogP contribution < -0.4 is 5.32 Å². The van der Waals surface area contributed by atoms with Crippen molar-refractivity contribution in [3.63, 3.8) is 0 Å². The van der Waals surface area contributed by atoms with E-state index in [1.165, 1.54) is 11.1 Å². The Kier molecular flexibility index (Phi) is 5.99. The molecule has 0 saturated heterocycles. The van der Waals surface area contributed by atoms with Crippen LogP contribution in [0.15, 0.2) is 36.9 Å². The molecule has 0 aliphatic rings. The Balaban J connectivity index is 2.58. The number of allylic oxidation sites excluding steroid dienone is 1. The van der Waals surface area contributed by atoms with E-state index in [4.69, 9.17) is 0 Å². The van der Waals surface area contributed by atoms with Gasteiger partial charge in [-0.05, 0) is 38.7 Å². The number of nitrogens with one attached hydrogen (secondary N) is 1. The van der Waals surface area contributed by atoms with Gasteiger partial charge in [0.15, 0.2) is 0 Å². The third kappa shape index (κ3) is 4.74. The molecule has 94 valence electrons. The summed E-state index contributed by atoms with van der Waals surface area (Å²) in [4.78, 5) is 0. The molecule has 17 heavy (non-hydrogen) atoms. The zero-order valence-electron chi connectivity index (χ0n) is 11.4. The summed E-state index contributed by atoms with van der Waals surface area (Å²) in [5.41, 5.74) is 2.71. The van der Waals surface area contributed by atoms with Gasteiger partial charge in [-0.2, -0.15) is 0 Å². The average molecular weight is 231 g/mol. The van der Waals surface area contributed by atoms with Crippen molar-refractivity contribution in [2.45, 2.75) is 52.1 Å². The third-order valence-electron chi connectivity index (χ3n) is 3.18. The van der Waals surface area contributed by atoms with E-state index in [1.54, 1.807) is 0 Å². The second-order valence-electron chi connectivity index (χ2n) is 4.81. The lowest BCUT2D eigenvalue weighted by Crippen LogP contribution is -2.30. The van der Waals surface area contributed by atoms with Crippen molar-refractivity contribution in [3.05, 3.63) is 48.0 Å². The largest absolute Gasteiger partial charge is 0.307 e. The van der Waals surface area contributed by atoms with E-state index in [2.05, 4.69) is 56.9 Å². The molecule has 0 bridgehead atoms. The van der Waals surface area contributed by atoms with Crippen molar-refractivity contribution in [1.82, 2.24) is 5.32 Å². The lowest BCUT2D eigenvalue weighted by Gasteiger charge is -2.22. The van der Waals surface area contributed by atoms with Crippen molar-refractivity contribution < 1.29 is 0 Å². The summed E-state index contributed by atoms with van der Waals surface area (Å²) in [5.74, 6) is 0. The molecule has 1 N–H and O–H groups in total. The molecule has 1 aromatic rings. The van der Waals surface area contributed by atoms with Gasteiger partial charge in [0.1, 0.15) is 0 Å². The molecule has 0 fully saturated rings. The van der Waals surface area contributed by atoms with Crippen LogP contribution >= 0.6 is 0 Å². The molecule has 0 aliphatic carbocycles. The van der Waals surface area contributed by atoms with E-state index in [-0.39, 0.29) is 0 Å². The molecule has 1 heteroatoms. The highest BCUT2D eigenvalue weighted by Crippen LogP contribution is 2.18. The van der Waals surface area contributed by atoms with Gasteiger partial charge >= 0.3 is 0 Å². The first-order valence-corrected chi connectivity index (χ1v) is 6.60. The molecule has 0 aliphatic heterocycles. The van der Waals surface area contributed by atoms with Gasteiger partial charge in [-0.3, -0.25) is 0 Å². The normalized spacial score (nSPS) is 14.3. The highest BCUT2D eigenvalue weighted by molar-refractivity contribution is 5.24. The maximum atomic E-state index is 3.77. The Hall–Kier alpha value is -1.08. The van der Waals surface area contributed by atoms with Gasteiger partial charge in [-0.1, -0.05) is 42.8 Å². The SMILES string of the molecule is C=CCCC(C)NC(CC)c1ccc(C)cc1. The fourth-order valence-corrected chi connectivity index (χ4v) is 2.04. The summed E-state index contributed by atoms with van der Waals surface area (Å²) in [6.45, 7) is 10.4. The van der Waals surface area contributed by atoms with Gasteiger partial charge < -0.3 is 5.32 Å². The molecule has 0 radical (unpaired) electrons. The van der Waals surface area contributed by atoms with E-state index < -0.39 is 0 Å². The van der Waals surface area contributed by atoms with Gasteiger partial charge in [0.25, 0.3) is 0 Å². The molecule has 0 spiro atoms. The van der Waals surface area contributed by atoms with Crippen LogP contribution in [0.25, 0.3) is 0 Å². The summed E-state index contributed by atoms with van der Waals surface area (Å²) >= 11 is 0. The van der Waals surface area contributed by atoms with Crippen LogP contribution in [0.2, 0.25) is 0 Å². The zero-order chi connectivity index (χ0) is 12.7. The first-order chi connectivity index (χ1) is 8.17. The average Bonchev–Trinajstić information content (AvgIpc) is 2.34.